The summed E-state index contributed by atoms with van der Waals surface area (Å²) in [6.45, 7) is 1.07. The van der Waals surface area contributed by atoms with Crippen molar-refractivity contribution in [3.63, 3.8) is 0 Å². The van der Waals surface area contributed by atoms with Gasteiger partial charge in [0.05, 0.1) is 18.6 Å². The first kappa shape index (κ1) is 11.7. The maximum Gasteiger partial charge on any atom is 1.00 e. The van der Waals surface area contributed by atoms with Gasteiger partial charge in [0.25, 0.3) is 0 Å². The molecule has 2 heterocycles. The van der Waals surface area contributed by atoms with Gasteiger partial charge in [-0.1, -0.05) is 11.9 Å². The molecule has 4 nitrogen and oxygen atoms in total. The number of nitrogens with one attached hydrogen (secondary N) is 1. The molecule has 1 spiro atoms. The van der Waals surface area contributed by atoms with E-state index in [1.54, 1.807) is 12.1 Å². The molecular formula is C10H9N2O2Rb. The molecule has 2 aliphatic heterocycles. The number of amidine groups is 1. The van der Waals surface area contributed by atoms with E-state index in [0.29, 0.717) is 24.7 Å². The zero-order valence-electron chi connectivity index (χ0n) is 8.45. The second-order valence-corrected chi connectivity index (χ2v) is 3.74. The van der Waals surface area contributed by atoms with Crippen molar-refractivity contribution < 1.29 is 68.0 Å². The van der Waals surface area contributed by atoms with Gasteiger partial charge in [-0.25, -0.2) is 0 Å². The molecule has 1 aromatic carbocycles. The molecule has 3 rings (SSSR count). The van der Waals surface area contributed by atoms with Crippen LogP contribution in [0.15, 0.2) is 23.2 Å². The van der Waals surface area contributed by atoms with E-state index in [1.165, 1.54) is 0 Å². The predicted molar refractivity (Wildman–Crippen MR) is 52.0 cm³/mol. The van der Waals surface area contributed by atoms with Gasteiger partial charge in [-0.15, -0.1) is 0 Å². The summed E-state index contributed by atoms with van der Waals surface area (Å²) in [5.41, 5.74) is 9.18. The Balaban J connectivity index is 0.000000853. The van der Waals surface area contributed by atoms with Crippen LogP contribution in [0.3, 0.4) is 0 Å². The molecular weight excluding hydrogens is 266 g/mol. The number of fused-ring (bicyclic) bond motifs is 2. The van der Waals surface area contributed by atoms with Crippen molar-refractivity contribution in [2.24, 2.45) is 4.99 Å². The first-order chi connectivity index (χ1) is 6.72. The van der Waals surface area contributed by atoms with Gasteiger partial charge in [0.15, 0.2) is 0 Å². The van der Waals surface area contributed by atoms with Crippen molar-refractivity contribution in [1.82, 2.24) is 0 Å². The van der Waals surface area contributed by atoms with Crippen molar-refractivity contribution >= 4 is 11.5 Å². The Morgan fingerprint density at radius 3 is 2.73 bits per heavy atom. The molecule has 0 unspecified atom stereocenters. The first-order valence-electron chi connectivity index (χ1n) is 4.44. The summed E-state index contributed by atoms with van der Waals surface area (Å²) in [5.74, 6) is 0.543. The molecule has 2 aliphatic rings. The van der Waals surface area contributed by atoms with Gasteiger partial charge in [-0.05, 0) is 23.4 Å². The molecule has 5 heteroatoms. The predicted octanol–water partition coefficient (Wildman–Crippen LogP) is -1.24. The summed E-state index contributed by atoms with van der Waals surface area (Å²) in [6, 6.07) is 5.06. The van der Waals surface area contributed by atoms with Crippen LogP contribution < -0.4 is 58.2 Å². The molecule has 0 radical (unpaired) electrons. The maximum absolute atomic E-state index is 9.28. The Morgan fingerprint density at radius 2 is 2.13 bits per heavy atom. The third-order valence-corrected chi connectivity index (χ3v) is 2.88. The Morgan fingerprint density at radius 1 is 1.40 bits per heavy atom. The minimum absolute atomic E-state index is 0. The maximum atomic E-state index is 9.28. The third kappa shape index (κ3) is 1.54. The van der Waals surface area contributed by atoms with E-state index < -0.39 is 0 Å². The number of phenols is 1. The van der Waals surface area contributed by atoms with Gasteiger partial charge < -0.3 is 20.6 Å². The van der Waals surface area contributed by atoms with E-state index in [0.717, 1.165) is 5.56 Å². The minimum atomic E-state index is -0.316. The van der Waals surface area contributed by atoms with Crippen molar-refractivity contribution in [2.45, 2.75) is 5.41 Å². The molecule has 0 atom stereocenters. The van der Waals surface area contributed by atoms with Gasteiger partial charge in [0.2, 0.25) is 0 Å². The van der Waals surface area contributed by atoms with Crippen molar-refractivity contribution in [1.29, 1.82) is 0 Å². The fraction of sp³-hybridized carbons (Fsp3) is 0.300. The van der Waals surface area contributed by atoms with E-state index in [9.17, 15) is 5.11 Å². The Hall–Kier alpha value is 0.255. The largest absolute Gasteiger partial charge is 1.00 e. The Labute approximate surface area is 136 Å². The molecule has 0 saturated carbocycles. The second-order valence-electron chi connectivity index (χ2n) is 3.74. The average molecular weight is 275 g/mol. The number of rotatable bonds is 0. The average Bonchev–Trinajstić information content (AvgIpc) is 2.34. The Kier molecular flexibility index (Phi) is 3.07. The number of nitrogens with zero attached hydrogens (tertiary/aromatic N) is 1. The van der Waals surface area contributed by atoms with Crippen LogP contribution in [-0.4, -0.2) is 24.2 Å². The smallest absolute Gasteiger partial charge is 0.508 e. The third-order valence-electron chi connectivity index (χ3n) is 2.88. The van der Waals surface area contributed by atoms with E-state index in [2.05, 4.69) is 4.99 Å². The molecule has 0 bridgehead atoms. The summed E-state index contributed by atoms with van der Waals surface area (Å²) in [7, 11) is 0. The van der Waals surface area contributed by atoms with Crippen molar-refractivity contribution in [3.05, 3.63) is 29.5 Å². The van der Waals surface area contributed by atoms with Gasteiger partial charge in [-0.3, -0.25) is 0 Å². The Bertz CT molecular complexity index is 441. The number of benzene rings is 1. The molecule has 15 heavy (non-hydrogen) atoms. The summed E-state index contributed by atoms with van der Waals surface area (Å²) in [5, 5.41) is 9.28. The normalized spacial score (nSPS) is 20.1. The van der Waals surface area contributed by atoms with Crippen molar-refractivity contribution in [3.8, 4) is 5.75 Å². The molecule has 2 N–H and O–H groups in total. The standard InChI is InChI=1S/C10H9N2O2.Rb/c11-9-10(4-14-5-10)7-2-1-6(13)3-8(7)12-9;/h1-3H,4-5H2,(H2-,11,12,13);/q-1;+1. The number of aliphatic imine (C=N–C) groups is 1. The van der Waals surface area contributed by atoms with Gasteiger partial charge in [0.1, 0.15) is 5.75 Å². The van der Waals surface area contributed by atoms with E-state index in [1.807, 2.05) is 6.07 Å². The van der Waals surface area contributed by atoms with Crippen LogP contribution in [0.2, 0.25) is 0 Å². The fourth-order valence-electron chi connectivity index (χ4n) is 1.97. The van der Waals surface area contributed by atoms with Crippen molar-refractivity contribution in [2.75, 3.05) is 13.2 Å². The molecule has 1 saturated heterocycles. The second kappa shape index (κ2) is 3.93. The van der Waals surface area contributed by atoms with Crippen LogP contribution in [0.5, 0.6) is 5.75 Å². The van der Waals surface area contributed by atoms with Crippen LogP contribution >= 0.6 is 0 Å². The van der Waals surface area contributed by atoms with Crippen LogP contribution in [0.25, 0.3) is 5.73 Å². The van der Waals surface area contributed by atoms with E-state index in [-0.39, 0.29) is 69.4 Å². The number of phenolic OH excluding ortho intramolecular Hbond substituents is 1. The van der Waals surface area contributed by atoms with Crippen LogP contribution in [0, 0.1) is 0 Å². The van der Waals surface area contributed by atoms with E-state index in [4.69, 9.17) is 10.5 Å². The molecule has 1 aromatic rings. The summed E-state index contributed by atoms with van der Waals surface area (Å²) < 4.78 is 5.15. The monoisotopic (exact) mass is 274 g/mol. The van der Waals surface area contributed by atoms with E-state index >= 15 is 0 Å². The van der Waals surface area contributed by atoms with Crippen LogP contribution in [0.1, 0.15) is 5.56 Å². The number of ether oxygens (including phenoxy) is 1. The number of aromatic hydroxyl groups is 1. The van der Waals surface area contributed by atoms with Gasteiger partial charge in [0, 0.05) is 0 Å². The molecule has 72 valence electrons. The number of hydrogen-bond acceptors (Lipinski definition) is 3. The molecule has 1 fully saturated rings. The molecule has 0 aromatic heterocycles. The fourth-order valence-corrected chi connectivity index (χ4v) is 1.97. The van der Waals surface area contributed by atoms with Crippen LogP contribution in [0.4, 0.5) is 5.69 Å². The summed E-state index contributed by atoms with van der Waals surface area (Å²) >= 11 is 0. The summed E-state index contributed by atoms with van der Waals surface area (Å²) in [6.07, 6.45) is 0. The minimum Gasteiger partial charge on any atom is -0.508 e. The van der Waals surface area contributed by atoms with Gasteiger partial charge >= 0.3 is 58.2 Å². The van der Waals surface area contributed by atoms with Crippen LogP contribution in [-0.2, 0) is 10.2 Å². The SMILES string of the molecule is [NH-]C1=Nc2cc(O)ccc2C12COC2.[Rb+]. The zero-order chi connectivity index (χ0) is 9.76. The zero-order valence-corrected chi connectivity index (χ0v) is 13.4. The topological polar surface area (TPSA) is 65.6 Å². The quantitative estimate of drug-likeness (QED) is 0.643. The first-order valence-corrected chi connectivity index (χ1v) is 4.44. The number of hydrogen-bond donors (Lipinski definition) is 1. The molecule has 0 aliphatic carbocycles. The van der Waals surface area contributed by atoms with Gasteiger partial charge in [-0.2, -0.15) is 0 Å². The summed E-state index contributed by atoms with van der Waals surface area (Å²) in [4.78, 5) is 4.13. The molecule has 0 amide bonds.